The van der Waals surface area contributed by atoms with E-state index in [9.17, 15) is 14.4 Å². The Morgan fingerprint density at radius 1 is 1.29 bits per heavy atom. The number of thioether (sulfide) groups is 1. The number of anilines is 1. The SMILES string of the molecule is NC(=O)[C@H]1SC(=O)N(c2ccc(O)cc2)C1=O. The lowest BCUT2D eigenvalue weighted by molar-refractivity contribution is -0.124. The van der Waals surface area contributed by atoms with Gasteiger partial charge in [-0.15, -0.1) is 0 Å². The topological polar surface area (TPSA) is 101 Å². The summed E-state index contributed by atoms with van der Waals surface area (Å²) in [6.45, 7) is 0. The number of aromatic hydroxyl groups is 1. The van der Waals surface area contributed by atoms with Gasteiger partial charge in [-0.2, -0.15) is 0 Å². The standard InChI is InChI=1S/C10H8N2O4S/c11-8(14)7-9(15)12(10(16)17-7)5-1-3-6(13)4-2-5/h1-4,7,13H,(H2,11,14)/t7-/m1/s1. The van der Waals surface area contributed by atoms with Gasteiger partial charge in [0.25, 0.3) is 11.1 Å². The fraction of sp³-hybridized carbons (Fsp3) is 0.100. The summed E-state index contributed by atoms with van der Waals surface area (Å²) in [5.41, 5.74) is 5.32. The number of carbonyl (C=O) groups is 3. The highest BCUT2D eigenvalue weighted by Crippen LogP contribution is 2.32. The van der Waals surface area contributed by atoms with Crippen LogP contribution in [0.3, 0.4) is 0 Å². The van der Waals surface area contributed by atoms with E-state index in [2.05, 4.69) is 0 Å². The van der Waals surface area contributed by atoms with Gasteiger partial charge in [-0.25, -0.2) is 4.90 Å². The molecule has 1 aromatic carbocycles. The largest absolute Gasteiger partial charge is 0.508 e. The normalized spacial score (nSPS) is 19.8. The van der Waals surface area contributed by atoms with Crippen molar-refractivity contribution in [2.24, 2.45) is 5.73 Å². The van der Waals surface area contributed by atoms with Crippen LogP contribution in [0, 0.1) is 0 Å². The Balaban J connectivity index is 2.33. The van der Waals surface area contributed by atoms with Crippen LogP contribution in [0.2, 0.25) is 0 Å². The number of hydrogen-bond donors (Lipinski definition) is 2. The molecular formula is C10H8N2O4S. The predicted octanol–water partition coefficient (Wildman–Crippen LogP) is 0.446. The Morgan fingerprint density at radius 3 is 2.35 bits per heavy atom. The maximum Gasteiger partial charge on any atom is 0.294 e. The molecule has 1 aliphatic rings. The molecule has 1 fully saturated rings. The first-order valence-electron chi connectivity index (χ1n) is 4.63. The molecule has 88 valence electrons. The zero-order valence-corrected chi connectivity index (χ0v) is 9.31. The zero-order chi connectivity index (χ0) is 12.6. The molecule has 3 N–H and O–H groups in total. The molecule has 1 saturated heterocycles. The molecule has 6 nitrogen and oxygen atoms in total. The van der Waals surface area contributed by atoms with Crippen molar-refractivity contribution < 1.29 is 19.5 Å². The van der Waals surface area contributed by atoms with E-state index in [0.29, 0.717) is 17.4 Å². The number of carbonyl (C=O) groups excluding carboxylic acids is 3. The minimum atomic E-state index is -1.17. The highest BCUT2D eigenvalue weighted by atomic mass is 32.2. The number of hydrogen-bond acceptors (Lipinski definition) is 5. The molecule has 0 saturated carbocycles. The monoisotopic (exact) mass is 252 g/mol. The molecule has 2 rings (SSSR count). The summed E-state index contributed by atoms with van der Waals surface area (Å²) in [6.07, 6.45) is 0. The molecule has 0 aliphatic carbocycles. The maximum absolute atomic E-state index is 11.8. The molecule has 0 bridgehead atoms. The molecular weight excluding hydrogens is 244 g/mol. The van der Waals surface area contributed by atoms with E-state index in [0.717, 1.165) is 4.90 Å². The number of nitrogens with two attached hydrogens (primary N) is 1. The van der Waals surface area contributed by atoms with E-state index in [4.69, 9.17) is 10.8 Å². The summed E-state index contributed by atoms with van der Waals surface area (Å²) in [5.74, 6) is -1.47. The van der Waals surface area contributed by atoms with E-state index < -0.39 is 22.3 Å². The summed E-state index contributed by atoms with van der Waals surface area (Å²) >= 11 is 0.589. The van der Waals surface area contributed by atoms with E-state index >= 15 is 0 Å². The van der Waals surface area contributed by atoms with Crippen molar-refractivity contribution in [2.75, 3.05) is 4.90 Å². The molecule has 1 heterocycles. The highest BCUT2D eigenvalue weighted by molar-refractivity contribution is 8.16. The van der Waals surface area contributed by atoms with Gasteiger partial charge < -0.3 is 10.8 Å². The van der Waals surface area contributed by atoms with Gasteiger partial charge in [0, 0.05) is 0 Å². The predicted molar refractivity (Wildman–Crippen MR) is 61.6 cm³/mol. The minimum Gasteiger partial charge on any atom is -0.508 e. The minimum absolute atomic E-state index is 0.0203. The van der Waals surface area contributed by atoms with Crippen molar-refractivity contribution in [1.29, 1.82) is 0 Å². The summed E-state index contributed by atoms with van der Waals surface area (Å²) in [4.78, 5) is 35.2. The molecule has 1 aliphatic heterocycles. The summed E-state index contributed by atoms with van der Waals surface area (Å²) in [5, 5.41) is 7.38. The fourth-order valence-corrected chi connectivity index (χ4v) is 2.25. The molecule has 0 aromatic heterocycles. The van der Waals surface area contributed by atoms with Crippen LogP contribution >= 0.6 is 11.8 Å². The van der Waals surface area contributed by atoms with Gasteiger partial charge >= 0.3 is 0 Å². The second-order valence-corrected chi connectivity index (χ2v) is 4.41. The van der Waals surface area contributed by atoms with Crippen LogP contribution in [0.25, 0.3) is 0 Å². The molecule has 17 heavy (non-hydrogen) atoms. The first-order chi connectivity index (χ1) is 8.00. The Morgan fingerprint density at radius 2 is 1.88 bits per heavy atom. The van der Waals surface area contributed by atoms with Gasteiger partial charge in [0.1, 0.15) is 5.75 Å². The number of imide groups is 1. The van der Waals surface area contributed by atoms with Crippen LogP contribution < -0.4 is 10.6 Å². The van der Waals surface area contributed by atoms with Crippen LogP contribution in [0.5, 0.6) is 5.75 Å². The number of amides is 3. The zero-order valence-electron chi connectivity index (χ0n) is 8.49. The molecule has 1 aromatic rings. The third-order valence-corrected chi connectivity index (χ3v) is 3.27. The summed E-state index contributed by atoms with van der Waals surface area (Å²) in [7, 11) is 0. The van der Waals surface area contributed by atoms with E-state index in [1.54, 1.807) is 0 Å². The smallest absolute Gasteiger partial charge is 0.294 e. The number of nitrogens with zero attached hydrogens (tertiary/aromatic N) is 1. The van der Waals surface area contributed by atoms with Crippen molar-refractivity contribution in [1.82, 2.24) is 0 Å². The van der Waals surface area contributed by atoms with Gasteiger partial charge in [0.15, 0.2) is 5.25 Å². The average Bonchev–Trinajstić information content (AvgIpc) is 2.56. The highest BCUT2D eigenvalue weighted by Gasteiger charge is 2.43. The molecule has 1 atom stereocenters. The van der Waals surface area contributed by atoms with Crippen LogP contribution in [0.1, 0.15) is 0 Å². The van der Waals surface area contributed by atoms with Crippen molar-refractivity contribution in [2.45, 2.75) is 5.25 Å². The molecule has 0 spiro atoms. The summed E-state index contributed by atoms with van der Waals surface area (Å²) in [6, 6.07) is 5.51. The lowest BCUT2D eigenvalue weighted by Crippen LogP contribution is -2.37. The van der Waals surface area contributed by atoms with Crippen LogP contribution in [0.15, 0.2) is 24.3 Å². The van der Waals surface area contributed by atoms with E-state index in [-0.39, 0.29) is 5.75 Å². The lowest BCUT2D eigenvalue weighted by atomic mass is 10.2. The Kier molecular flexibility index (Phi) is 2.76. The molecule has 7 heteroatoms. The van der Waals surface area contributed by atoms with Gasteiger partial charge in [-0.1, -0.05) is 0 Å². The Bertz CT molecular complexity index is 500. The molecule has 0 unspecified atom stereocenters. The Hall–Kier alpha value is -2.02. The summed E-state index contributed by atoms with van der Waals surface area (Å²) < 4.78 is 0. The van der Waals surface area contributed by atoms with Crippen molar-refractivity contribution in [3.8, 4) is 5.75 Å². The van der Waals surface area contributed by atoms with Gasteiger partial charge in [0.05, 0.1) is 5.69 Å². The van der Waals surface area contributed by atoms with Crippen LogP contribution in [-0.4, -0.2) is 27.4 Å². The van der Waals surface area contributed by atoms with Crippen molar-refractivity contribution >= 4 is 34.5 Å². The number of phenolic OH excluding ortho intramolecular Hbond substituents is 1. The third-order valence-electron chi connectivity index (χ3n) is 2.21. The van der Waals surface area contributed by atoms with Gasteiger partial charge in [0.2, 0.25) is 5.91 Å². The first-order valence-corrected chi connectivity index (χ1v) is 5.51. The van der Waals surface area contributed by atoms with Crippen molar-refractivity contribution in [3.63, 3.8) is 0 Å². The quantitative estimate of drug-likeness (QED) is 0.744. The number of benzene rings is 1. The van der Waals surface area contributed by atoms with Gasteiger partial charge in [-0.3, -0.25) is 14.4 Å². The van der Waals surface area contributed by atoms with Crippen LogP contribution in [0.4, 0.5) is 10.5 Å². The number of phenols is 1. The first kappa shape index (κ1) is 11.5. The average molecular weight is 252 g/mol. The fourth-order valence-electron chi connectivity index (χ4n) is 1.43. The number of primary amides is 1. The molecule has 3 amide bonds. The number of rotatable bonds is 2. The lowest BCUT2D eigenvalue weighted by Gasteiger charge is -2.12. The molecule has 0 radical (unpaired) electrons. The second kappa shape index (κ2) is 4.10. The third kappa shape index (κ3) is 1.96. The second-order valence-electron chi connectivity index (χ2n) is 3.36. The maximum atomic E-state index is 11.8. The Labute approximate surface area is 100 Å². The van der Waals surface area contributed by atoms with E-state index in [1.807, 2.05) is 0 Å². The van der Waals surface area contributed by atoms with Gasteiger partial charge in [-0.05, 0) is 36.0 Å². The van der Waals surface area contributed by atoms with Crippen molar-refractivity contribution in [3.05, 3.63) is 24.3 Å². The van der Waals surface area contributed by atoms with Crippen LogP contribution in [-0.2, 0) is 9.59 Å². The van der Waals surface area contributed by atoms with E-state index in [1.165, 1.54) is 24.3 Å².